The maximum atomic E-state index is 12.1. The van der Waals surface area contributed by atoms with Gasteiger partial charge in [0.1, 0.15) is 36.7 Å². The van der Waals surface area contributed by atoms with Crippen molar-refractivity contribution in [2.45, 2.75) is 24.5 Å². The maximum Gasteiger partial charge on any atom is 0.215 e. The standard InChI is InChI=1S/C13H22N7O7PS/c1-29(25,3-2-14)19-28(23,24)26-4-7-9(21)10(22)13(27-7)20-6-18-8-11(15)16-5-17-12(8)20/h3,5-7,9-10,13,21-22H,2,4,14H2,1H3,(H2,15,16,17)(H2,19,23,24,25)/t7-,9-,10-,13-,29?/m1/s1. The van der Waals surface area contributed by atoms with Gasteiger partial charge in [-0.1, -0.05) is 0 Å². The van der Waals surface area contributed by atoms with Crippen molar-refractivity contribution in [3.63, 3.8) is 0 Å². The molecule has 0 radical (unpaired) electrons. The Balaban J connectivity index is 1.73. The van der Waals surface area contributed by atoms with E-state index in [9.17, 15) is 23.9 Å². The minimum absolute atomic E-state index is 0.127. The van der Waals surface area contributed by atoms with Gasteiger partial charge in [0.15, 0.2) is 17.7 Å². The summed E-state index contributed by atoms with van der Waals surface area (Å²) < 4.78 is 37.7. The van der Waals surface area contributed by atoms with E-state index in [4.69, 9.17) is 15.0 Å². The SMILES string of the molecule is CS(=O)(=CC[NH3+])NP(=O)([O-])OC[C@H]1O[C@@H](n2cnc3c(N)ncnc32)[C@H](O)[C@@H]1O. The van der Waals surface area contributed by atoms with Crippen molar-refractivity contribution in [2.75, 3.05) is 25.1 Å². The van der Waals surface area contributed by atoms with Gasteiger partial charge in [-0.15, -0.1) is 0 Å². The average molecular weight is 451 g/mol. The number of aromatic nitrogens is 4. The summed E-state index contributed by atoms with van der Waals surface area (Å²) in [6.45, 7) is -0.472. The number of aliphatic hydroxyl groups is 2. The molecule has 16 heteroatoms. The van der Waals surface area contributed by atoms with Crippen LogP contribution in [0.15, 0.2) is 12.7 Å². The van der Waals surface area contributed by atoms with Gasteiger partial charge < -0.3 is 35.8 Å². The average Bonchev–Trinajstić information content (AvgIpc) is 3.16. The van der Waals surface area contributed by atoms with E-state index in [-0.39, 0.29) is 23.5 Å². The van der Waals surface area contributed by atoms with Crippen molar-refractivity contribution in [3.8, 4) is 0 Å². The molecule has 0 amide bonds. The van der Waals surface area contributed by atoms with Crippen LogP contribution >= 0.6 is 7.75 Å². The van der Waals surface area contributed by atoms with Crippen LogP contribution in [0.25, 0.3) is 11.2 Å². The predicted octanol–water partition coefficient (Wildman–Crippen LogP) is -4.02. The van der Waals surface area contributed by atoms with Crippen molar-refractivity contribution < 1.29 is 38.9 Å². The predicted molar refractivity (Wildman–Crippen MR) is 100 cm³/mol. The summed E-state index contributed by atoms with van der Waals surface area (Å²) >= 11 is 0. The van der Waals surface area contributed by atoms with Gasteiger partial charge in [-0.05, 0) is 0 Å². The Hall–Kier alpha value is -1.68. The second-order valence-electron chi connectivity index (χ2n) is 6.37. The number of anilines is 1. The van der Waals surface area contributed by atoms with Gasteiger partial charge in [0, 0.05) is 21.3 Å². The van der Waals surface area contributed by atoms with E-state index < -0.39 is 48.6 Å². The third-order valence-electron chi connectivity index (χ3n) is 4.14. The van der Waals surface area contributed by atoms with Gasteiger partial charge in [-0.25, -0.2) is 15.0 Å². The van der Waals surface area contributed by atoms with Gasteiger partial charge in [0.25, 0.3) is 0 Å². The lowest BCUT2D eigenvalue weighted by atomic mass is 10.1. The summed E-state index contributed by atoms with van der Waals surface area (Å²) in [7, 11) is -7.74. The van der Waals surface area contributed by atoms with Crippen LogP contribution in [0.5, 0.6) is 0 Å². The zero-order valence-corrected chi connectivity index (χ0v) is 17.0. The number of rotatable bonds is 7. The number of nitrogens with one attached hydrogen (secondary N) is 1. The van der Waals surface area contributed by atoms with Crippen LogP contribution in [0.1, 0.15) is 6.23 Å². The molecule has 3 rings (SSSR count). The number of ether oxygens (including phenoxy) is 1. The molecule has 1 aliphatic heterocycles. The highest BCUT2D eigenvalue weighted by Crippen LogP contribution is 2.37. The molecule has 162 valence electrons. The topological polar surface area (TPSA) is 225 Å². The smallest absolute Gasteiger partial charge is 0.215 e. The second kappa shape index (κ2) is 8.22. The lowest BCUT2D eigenvalue weighted by molar-refractivity contribution is -0.344. The zero-order valence-electron chi connectivity index (χ0n) is 15.3. The molecule has 6 atom stereocenters. The number of nitrogen functional groups attached to an aromatic ring is 1. The molecule has 8 N–H and O–H groups in total. The van der Waals surface area contributed by atoms with Gasteiger partial charge in [0.2, 0.25) is 7.75 Å². The maximum absolute atomic E-state index is 12.1. The summed E-state index contributed by atoms with van der Waals surface area (Å²) in [6, 6.07) is 0. The Morgan fingerprint density at radius 2 is 2.21 bits per heavy atom. The summed E-state index contributed by atoms with van der Waals surface area (Å²) in [5.41, 5.74) is 9.75. The zero-order chi connectivity index (χ0) is 21.4. The summed E-state index contributed by atoms with van der Waals surface area (Å²) in [6.07, 6.45) is -1.50. The summed E-state index contributed by atoms with van der Waals surface area (Å²) in [4.78, 5) is 23.9. The second-order valence-corrected chi connectivity index (χ2v) is 10.5. The van der Waals surface area contributed by atoms with E-state index in [1.165, 1.54) is 28.8 Å². The number of fused-ring (bicyclic) bond motifs is 1. The Morgan fingerprint density at radius 3 is 2.90 bits per heavy atom. The minimum Gasteiger partial charge on any atom is -0.766 e. The van der Waals surface area contributed by atoms with Gasteiger partial charge in [-0.2, -0.15) is 4.49 Å². The highest BCUT2D eigenvalue weighted by molar-refractivity contribution is 8.02. The summed E-state index contributed by atoms with van der Waals surface area (Å²) in [5.74, 6) is 0.127. The number of imidazole rings is 1. The molecular formula is C13H22N7O7PS. The van der Waals surface area contributed by atoms with E-state index >= 15 is 0 Å². The van der Waals surface area contributed by atoms with Crippen LogP contribution in [0.4, 0.5) is 5.82 Å². The number of aliphatic hydroxyl groups excluding tert-OH is 2. The monoisotopic (exact) mass is 451 g/mol. The molecular weight excluding hydrogens is 429 g/mol. The van der Waals surface area contributed by atoms with Crippen molar-refractivity contribution in [2.24, 2.45) is 0 Å². The molecule has 2 unspecified atom stereocenters. The molecule has 3 heterocycles. The van der Waals surface area contributed by atoms with E-state index in [0.717, 1.165) is 0 Å². The van der Waals surface area contributed by atoms with E-state index in [2.05, 4.69) is 20.7 Å². The molecule has 2 aromatic heterocycles. The molecule has 1 saturated heterocycles. The lowest BCUT2D eigenvalue weighted by Crippen LogP contribution is -2.52. The number of hydrogen-bond acceptors (Lipinski definition) is 11. The quantitative estimate of drug-likeness (QED) is 0.201. The Kier molecular flexibility index (Phi) is 6.24. The Labute approximate surface area is 165 Å². The van der Waals surface area contributed by atoms with Crippen molar-refractivity contribution in [3.05, 3.63) is 12.7 Å². The van der Waals surface area contributed by atoms with Crippen molar-refractivity contribution in [1.82, 2.24) is 24.0 Å². The largest absolute Gasteiger partial charge is 0.766 e. The number of hydrogen-bond donors (Lipinski definition) is 5. The Morgan fingerprint density at radius 1 is 1.48 bits per heavy atom. The fourth-order valence-electron chi connectivity index (χ4n) is 2.84. The van der Waals surface area contributed by atoms with Crippen LogP contribution in [0.2, 0.25) is 0 Å². The molecule has 1 aliphatic rings. The number of nitrogens with zero attached hydrogens (tertiary/aromatic N) is 4. The van der Waals surface area contributed by atoms with Gasteiger partial charge >= 0.3 is 0 Å². The van der Waals surface area contributed by atoms with Crippen LogP contribution in [0, 0.1) is 0 Å². The molecule has 0 aromatic carbocycles. The van der Waals surface area contributed by atoms with Crippen LogP contribution in [0.3, 0.4) is 0 Å². The first-order valence-corrected chi connectivity index (χ1v) is 11.9. The van der Waals surface area contributed by atoms with E-state index in [0.29, 0.717) is 0 Å². The lowest BCUT2D eigenvalue weighted by Gasteiger charge is -2.26. The van der Waals surface area contributed by atoms with Crippen LogP contribution in [-0.2, 0) is 23.5 Å². The fourth-order valence-corrected chi connectivity index (χ4v) is 5.91. The minimum atomic E-state index is -4.73. The first kappa shape index (κ1) is 22.0. The highest BCUT2D eigenvalue weighted by atomic mass is 32.2. The van der Waals surface area contributed by atoms with Crippen molar-refractivity contribution >= 4 is 39.8 Å². The molecule has 0 saturated carbocycles. The van der Waals surface area contributed by atoms with E-state index in [1.54, 1.807) is 0 Å². The summed E-state index contributed by atoms with van der Waals surface area (Å²) in [5, 5.41) is 21.8. The number of quaternary nitrogens is 1. The normalized spacial score (nSPS) is 28.9. The van der Waals surface area contributed by atoms with E-state index in [1.807, 2.05) is 4.49 Å². The fraction of sp³-hybridized carbons (Fsp3) is 0.538. The molecule has 0 aliphatic carbocycles. The molecule has 2 aromatic rings. The molecule has 0 bridgehead atoms. The molecule has 14 nitrogen and oxygen atoms in total. The first-order chi connectivity index (χ1) is 13.5. The third-order valence-corrected chi connectivity index (χ3v) is 7.84. The third kappa shape index (κ3) is 4.74. The number of nitrogens with two attached hydrogens (primary N) is 1. The first-order valence-electron chi connectivity index (χ1n) is 8.35. The molecule has 0 spiro atoms. The van der Waals surface area contributed by atoms with Crippen LogP contribution in [-0.4, -0.2) is 77.0 Å². The highest BCUT2D eigenvalue weighted by Gasteiger charge is 2.44. The Bertz CT molecular complexity index is 1060. The van der Waals surface area contributed by atoms with Gasteiger partial charge in [-0.3, -0.25) is 13.3 Å². The van der Waals surface area contributed by atoms with Crippen molar-refractivity contribution in [1.29, 1.82) is 0 Å². The van der Waals surface area contributed by atoms with Gasteiger partial charge in [0.05, 0.1) is 12.9 Å². The molecule has 1 fully saturated rings. The van der Waals surface area contributed by atoms with Crippen LogP contribution < -0.4 is 20.9 Å². The molecule has 29 heavy (non-hydrogen) atoms.